The van der Waals surface area contributed by atoms with Gasteiger partial charge in [-0.3, -0.25) is 14.5 Å². The lowest BCUT2D eigenvalue weighted by atomic mass is 9.87. The first-order valence-corrected chi connectivity index (χ1v) is 7.45. The van der Waals surface area contributed by atoms with Gasteiger partial charge >= 0.3 is 0 Å². The second kappa shape index (κ2) is 5.87. The number of hydrogen-bond acceptors (Lipinski definition) is 3. The normalized spacial score (nSPS) is 18.6. The zero-order valence-electron chi connectivity index (χ0n) is 12.7. The molecule has 5 nitrogen and oxygen atoms in total. The predicted octanol–water partition coefficient (Wildman–Crippen LogP) is 1.94. The number of rotatable bonds is 3. The molecule has 0 bridgehead atoms. The molecule has 0 fully saturated rings. The third-order valence-corrected chi connectivity index (χ3v) is 4.31. The molecule has 2 aromatic rings. The maximum absolute atomic E-state index is 13.2. The van der Waals surface area contributed by atoms with Crippen LogP contribution in [0.25, 0.3) is 0 Å². The van der Waals surface area contributed by atoms with Crippen LogP contribution in [-0.4, -0.2) is 20.7 Å². The Bertz CT molecular complexity index is 697. The van der Waals surface area contributed by atoms with E-state index in [1.807, 2.05) is 24.9 Å². The molecule has 1 unspecified atom stereocenters. The first-order valence-electron chi connectivity index (χ1n) is 7.45. The predicted molar refractivity (Wildman–Crippen MR) is 79.5 cm³/mol. The van der Waals surface area contributed by atoms with Crippen LogP contribution in [0, 0.1) is 11.7 Å². The van der Waals surface area contributed by atoms with E-state index in [1.54, 1.807) is 6.20 Å². The zero-order valence-corrected chi connectivity index (χ0v) is 12.7. The average Bonchev–Trinajstić information content (AvgIpc) is 2.88. The van der Waals surface area contributed by atoms with Crippen LogP contribution in [0.15, 0.2) is 24.7 Å². The van der Waals surface area contributed by atoms with E-state index in [-0.39, 0.29) is 17.9 Å². The van der Waals surface area contributed by atoms with Gasteiger partial charge < -0.3 is 5.32 Å². The molecule has 1 aliphatic rings. The summed E-state index contributed by atoms with van der Waals surface area (Å²) in [5.41, 5.74) is 3.03. The van der Waals surface area contributed by atoms with Crippen LogP contribution < -0.4 is 5.32 Å². The molecular formula is C16H19FN4O. The molecule has 116 valence electrons. The van der Waals surface area contributed by atoms with E-state index in [9.17, 15) is 9.18 Å². The van der Waals surface area contributed by atoms with E-state index in [2.05, 4.69) is 15.4 Å². The van der Waals surface area contributed by atoms with E-state index in [1.165, 1.54) is 11.6 Å². The number of carbonyl (C=O) groups is 1. The van der Waals surface area contributed by atoms with Crippen LogP contribution in [0.2, 0.25) is 0 Å². The van der Waals surface area contributed by atoms with Crippen LogP contribution in [0.4, 0.5) is 4.39 Å². The standard InChI is InChI=1S/C16H19FN4O/c1-10(13-5-14(17)9-18-7-13)20-16(22)11-3-4-12-8-19-21(2)15(12)6-11/h5,7-11H,3-4,6H2,1-2H3,(H,20,22)/t10-,11?/m1/s1. The Morgan fingerprint density at radius 3 is 3.05 bits per heavy atom. The molecule has 6 heteroatoms. The summed E-state index contributed by atoms with van der Waals surface area (Å²) in [4.78, 5) is 16.3. The van der Waals surface area contributed by atoms with Gasteiger partial charge in [-0.15, -0.1) is 0 Å². The maximum Gasteiger partial charge on any atom is 0.223 e. The van der Waals surface area contributed by atoms with Crippen molar-refractivity contribution in [3.63, 3.8) is 0 Å². The third-order valence-electron chi connectivity index (χ3n) is 4.31. The molecule has 3 rings (SSSR count). The topological polar surface area (TPSA) is 59.8 Å². The van der Waals surface area contributed by atoms with Crippen molar-refractivity contribution in [2.75, 3.05) is 0 Å². The van der Waals surface area contributed by atoms with Gasteiger partial charge in [0, 0.05) is 31.3 Å². The van der Waals surface area contributed by atoms with Gasteiger partial charge in [0.25, 0.3) is 0 Å². The highest BCUT2D eigenvalue weighted by Gasteiger charge is 2.27. The lowest BCUT2D eigenvalue weighted by Crippen LogP contribution is -2.36. The van der Waals surface area contributed by atoms with Crippen molar-refractivity contribution < 1.29 is 9.18 Å². The minimum Gasteiger partial charge on any atom is -0.349 e. The first-order chi connectivity index (χ1) is 10.5. The van der Waals surface area contributed by atoms with Gasteiger partial charge in [-0.05, 0) is 37.0 Å². The van der Waals surface area contributed by atoms with E-state index >= 15 is 0 Å². The molecule has 1 aliphatic carbocycles. The second-order valence-corrected chi connectivity index (χ2v) is 5.85. The van der Waals surface area contributed by atoms with Crippen molar-refractivity contribution in [2.45, 2.75) is 32.2 Å². The highest BCUT2D eigenvalue weighted by molar-refractivity contribution is 5.79. The highest BCUT2D eigenvalue weighted by Crippen LogP contribution is 2.25. The van der Waals surface area contributed by atoms with Crippen LogP contribution in [0.3, 0.4) is 0 Å². The summed E-state index contributed by atoms with van der Waals surface area (Å²) in [6, 6.07) is 1.14. The van der Waals surface area contributed by atoms with Crippen molar-refractivity contribution in [1.29, 1.82) is 0 Å². The minimum absolute atomic E-state index is 0.00334. The van der Waals surface area contributed by atoms with Crippen molar-refractivity contribution >= 4 is 5.91 Å². The molecule has 1 amide bonds. The van der Waals surface area contributed by atoms with Gasteiger partial charge in [0.2, 0.25) is 5.91 Å². The zero-order chi connectivity index (χ0) is 15.7. The summed E-state index contributed by atoms with van der Waals surface area (Å²) in [5.74, 6) is -0.453. The van der Waals surface area contributed by atoms with Gasteiger partial charge in [0.1, 0.15) is 5.82 Å². The molecule has 2 atom stereocenters. The van der Waals surface area contributed by atoms with Gasteiger partial charge in [-0.1, -0.05) is 0 Å². The van der Waals surface area contributed by atoms with E-state index in [4.69, 9.17) is 0 Å². The second-order valence-electron chi connectivity index (χ2n) is 5.85. The monoisotopic (exact) mass is 302 g/mol. The Labute approximate surface area is 128 Å². The first kappa shape index (κ1) is 14.7. The minimum atomic E-state index is -0.393. The number of halogens is 1. The Kier molecular flexibility index (Phi) is 3.92. The number of amides is 1. The summed E-state index contributed by atoms with van der Waals surface area (Å²) in [6.07, 6.45) is 7.00. The third kappa shape index (κ3) is 2.86. The van der Waals surface area contributed by atoms with Gasteiger partial charge in [0.15, 0.2) is 0 Å². The number of pyridine rings is 1. The number of aryl methyl sites for hydroxylation is 2. The van der Waals surface area contributed by atoms with Crippen molar-refractivity contribution in [3.8, 4) is 0 Å². The number of hydrogen-bond donors (Lipinski definition) is 1. The number of nitrogens with one attached hydrogen (secondary N) is 1. The number of aromatic nitrogens is 3. The number of carbonyl (C=O) groups excluding carboxylic acids is 1. The fraction of sp³-hybridized carbons (Fsp3) is 0.438. The summed E-state index contributed by atoms with van der Waals surface area (Å²) < 4.78 is 15.1. The lowest BCUT2D eigenvalue weighted by molar-refractivity contribution is -0.126. The van der Waals surface area contributed by atoms with Crippen LogP contribution >= 0.6 is 0 Å². The fourth-order valence-corrected chi connectivity index (χ4v) is 2.95. The summed E-state index contributed by atoms with van der Waals surface area (Å²) >= 11 is 0. The maximum atomic E-state index is 13.2. The van der Waals surface area contributed by atoms with Gasteiger partial charge in [-0.25, -0.2) is 4.39 Å². The van der Waals surface area contributed by atoms with Gasteiger partial charge in [-0.2, -0.15) is 5.10 Å². The molecule has 0 aromatic carbocycles. The molecule has 0 saturated heterocycles. The van der Waals surface area contributed by atoms with Crippen molar-refractivity contribution in [1.82, 2.24) is 20.1 Å². The molecule has 2 aromatic heterocycles. The van der Waals surface area contributed by atoms with E-state index in [0.29, 0.717) is 12.0 Å². The van der Waals surface area contributed by atoms with Crippen molar-refractivity contribution in [2.24, 2.45) is 13.0 Å². The average molecular weight is 302 g/mol. The summed E-state index contributed by atoms with van der Waals surface area (Å²) in [6.45, 7) is 1.84. The van der Waals surface area contributed by atoms with Crippen LogP contribution in [-0.2, 0) is 24.7 Å². The Morgan fingerprint density at radius 2 is 2.27 bits per heavy atom. The Hall–Kier alpha value is -2.24. The Balaban J connectivity index is 1.67. The fourth-order valence-electron chi connectivity index (χ4n) is 2.95. The largest absolute Gasteiger partial charge is 0.349 e. The molecule has 1 N–H and O–H groups in total. The number of nitrogens with zero attached hydrogens (tertiary/aromatic N) is 3. The van der Waals surface area contributed by atoms with E-state index < -0.39 is 5.82 Å². The molecular weight excluding hydrogens is 283 g/mol. The number of fused-ring (bicyclic) bond motifs is 1. The van der Waals surface area contributed by atoms with Crippen LogP contribution in [0.1, 0.15) is 36.2 Å². The summed E-state index contributed by atoms with van der Waals surface area (Å²) in [7, 11) is 1.90. The summed E-state index contributed by atoms with van der Waals surface area (Å²) in [5, 5.41) is 7.21. The lowest BCUT2D eigenvalue weighted by Gasteiger charge is -2.24. The molecule has 2 heterocycles. The molecule has 0 saturated carbocycles. The molecule has 0 aliphatic heterocycles. The van der Waals surface area contributed by atoms with Crippen molar-refractivity contribution in [3.05, 3.63) is 47.3 Å². The molecule has 22 heavy (non-hydrogen) atoms. The smallest absolute Gasteiger partial charge is 0.223 e. The SMILES string of the molecule is C[C@@H](NC(=O)C1CCc2cnn(C)c2C1)c1cncc(F)c1. The quantitative estimate of drug-likeness (QED) is 0.942. The highest BCUT2D eigenvalue weighted by atomic mass is 19.1. The van der Waals surface area contributed by atoms with Gasteiger partial charge in [0.05, 0.1) is 18.4 Å². The molecule has 0 radical (unpaired) electrons. The Morgan fingerprint density at radius 1 is 1.45 bits per heavy atom. The van der Waals surface area contributed by atoms with Crippen LogP contribution in [0.5, 0.6) is 0 Å². The van der Waals surface area contributed by atoms with E-state index in [0.717, 1.165) is 24.7 Å². The molecule has 0 spiro atoms.